The molecule has 17 heavy (non-hydrogen) atoms. The van der Waals surface area contributed by atoms with Gasteiger partial charge in [0.15, 0.2) is 5.58 Å². The van der Waals surface area contributed by atoms with Crippen LogP contribution in [0, 0.1) is 0 Å². The Balaban J connectivity index is 2.29. The smallest absolute Gasteiger partial charge is 0.421 e. The number of hydrogen-bond donors (Lipinski definition) is 1. The van der Waals surface area contributed by atoms with Crippen LogP contribution in [0.4, 0.5) is 0 Å². The minimum Gasteiger partial charge on any atom is -0.493 e. The van der Waals surface area contributed by atoms with Gasteiger partial charge >= 0.3 is 5.76 Å². The summed E-state index contributed by atoms with van der Waals surface area (Å²) in [5, 5.41) is 9.02. The molecule has 0 spiro atoms. The van der Waals surface area contributed by atoms with E-state index < -0.39 is 5.76 Å². The molecule has 0 radical (unpaired) electrons. The topological polar surface area (TPSA) is 64.6 Å². The molecule has 1 aromatic heterocycles. The van der Waals surface area contributed by atoms with Crippen LogP contribution in [0.3, 0.4) is 0 Å². The monoisotopic (exact) mass is 237 g/mol. The van der Waals surface area contributed by atoms with E-state index in [4.69, 9.17) is 14.3 Å². The van der Waals surface area contributed by atoms with E-state index in [9.17, 15) is 4.79 Å². The van der Waals surface area contributed by atoms with Crippen molar-refractivity contribution in [2.45, 2.75) is 26.5 Å². The summed E-state index contributed by atoms with van der Waals surface area (Å²) in [4.78, 5) is 11.3. The van der Waals surface area contributed by atoms with E-state index in [1.54, 1.807) is 18.2 Å². The molecule has 0 bridgehead atoms. The number of oxazole rings is 1. The molecule has 5 nitrogen and oxygen atoms in total. The van der Waals surface area contributed by atoms with Gasteiger partial charge in [0.2, 0.25) is 0 Å². The largest absolute Gasteiger partial charge is 0.493 e. The zero-order valence-corrected chi connectivity index (χ0v) is 9.68. The molecule has 0 amide bonds. The maximum absolute atomic E-state index is 11.3. The van der Waals surface area contributed by atoms with Crippen molar-refractivity contribution >= 4 is 11.1 Å². The summed E-state index contributed by atoms with van der Waals surface area (Å²) in [6, 6.07) is 5.13. The highest BCUT2D eigenvalue weighted by molar-refractivity contribution is 5.74. The Kier molecular flexibility index (Phi) is 3.49. The Morgan fingerprint density at radius 1 is 1.47 bits per heavy atom. The maximum Gasteiger partial charge on any atom is 0.421 e. The van der Waals surface area contributed by atoms with E-state index in [-0.39, 0.29) is 6.73 Å². The van der Waals surface area contributed by atoms with E-state index in [0.29, 0.717) is 23.5 Å². The van der Waals surface area contributed by atoms with Crippen LogP contribution in [0.5, 0.6) is 5.75 Å². The molecular weight excluding hydrogens is 222 g/mol. The predicted molar refractivity (Wildman–Crippen MR) is 63.1 cm³/mol. The molecule has 92 valence electrons. The number of fused-ring (bicyclic) bond motifs is 1. The fourth-order valence-electron chi connectivity index (χ4n) is 1.60. The minimum absolute atomic E-state index is 0.387. The predicted octanol–water partition coefficient (Wildman–Crippen LogP) is 1.72. The Morgan fingerprint density at radius 3 is 3.00 bits per heavy atom. The standard InChI is InChI=1S/C12H15NO4/c1-2-3-6-16-9-4-5-10-11(7-9)17-12(15)13(10)8-14/h4-5,7,14H,2-3,6,8H2,1H3. The molecule has 0 atom stereocenters. The van der Waals surface area contributed by atoms with Gasteiger partial charge in [-0.1, -0.05) is 13.3 Å². The molecule has 1 aromatic carbocycles. The van der Waals surface area contributed by atoms with Crippen LogP contribution in [0.25, 0.3) is 11.1 Å². The molecule has 2 aromatic rings. The number of hydrogen-bond acceptors (Lipinski definition) is 4. The SMILES string of the molecule is CCCCOc1ccc2c(c1)oc(=O)n2CO. The molecule has 0 saturated carbocycles. The summed E-state index contributed by atoms with van der Waals surface area (Å²) in [7, 11) is 0. The average molecular weight is 237 g/mol. The highest BCUT2D eigenvalue weighted by Gasteiger charge is 2.08. The van der Waals surface area contributed by atoms with Crippen LogP contribution >= 0.6 is 0 Å². The van der Waals surface area contributed by atoms with E-state index in [2.05, 4.69) is 6.92 Å². The number of unbranched alkanes of at least 4 members (excludes halogenated alkanes) is 1. The first-order chi connectivity index (χ1) is 8.26. The molecule has 5 heteroatoms. The van der Waals surface area contributed by atoms with Crippen molar-refractivity contribution in [2.24, 2.45) is 0 Å². The first-order valence-electron chi connectivity index (χ1n) is 5.63. The summed E-state index contributed by atoms with van der Waals surface area (Å²) < 4.78 is 11.7. The van der Waals surface area contributed by atoms with Gasteiger partial charge in [0.05, 0.1) is 12.1 Å². The second-order valence-corrected chi connectivity index (χ2v) is 3.77. The van der Waals surface area contributed by atoms with E-state index in [0.717, 1.165) is 17.4 Å². The molecule has 0 aliphatic carbocycles. The van der Waals surface area contributed by atoms with Gasteiger partial charge in [0.1, 0.15) is 12.5 Å². The second kappa shape index (κ2) is 5.05. The van der Waals surface area contributed by atoms with E-state index >= 15 is 0 Å². The van der Waals surface area contributed by atoms with Crippen molar-refractivity contribution < 1.29 is 14.3 Å². The maximum atomic E-state index is 11.3. The van der Waals surface area contributed by atoms with Gasteiger partial charge in [-0.05, 0) is 18.6 Å². The number of aromatic nitrogens is 1. The Morgan fingerprint density at radius 2 is 2.29 bits per heavy atom. The number of aliphatic hydroxyl groups excluding tert-OH is 1. The molecule has 0 fully saturated rings. The zero-order valence-electron chi connectivity index (χ0n) is 9.68. The summed E-state index contributed by atoms with van der Waals surface area (Å²) in [5.41, 5.74) is 0.999. The quantitative estimate of drug-likeness (QED) is 0.804. The third-order valence-electron chi connectivity index (χ3n) is 2.55. The average Bonchev–Trinajstić information content (AvgIpc) is 2.64. The summed E-state index contributed by atoms with van der Waals surface area (Å²) in [6.45, 7) is 2.35. The van der Waals surface area contributed by atoms with E-state index in [1.165, 1.54) is 0 Å². The van der Waals surface area contributed by atoms with Crippen LogP contribution in [0.2, 0.25) is 0 Å². The fraction of sp³-hybridized carbons (Fsp3) is 0.417. The lowest BCUT2D eigenvalue weighted by atomic mass is 10.3. The van der Waals surface area contributed by atoms with Crippen molar-refractivity contribution in [3.8, 4) is 5.75 Å². The third kappa shape index (κ3) is 2.34. The lowest BCUT2D eigenvalue weighted by molar-refractivity contribution is 0.204. The van der Waals surface area contributed by atoms with E-state index in [1.807, 2.05) is 0 Å². The van der Waals surface area contributed by atoms with Crippen LogP contribution in [-0.2, 0) is 6.73 Å². The van der Waals surface area contributed by atoms with Crippen molar-refractivity contribution in [2.75, 3.05) is 6.61 Å². The van der Waals surface area contributed by atoms with Gasteiger partial charge in [-0.15, -0.1) is 0 Å². The number of benzene rings is 1. The Hall–Kier alpha value is -1.75. The molecule has 0 unspecified atom stereocenters. The fourth-order valence-corrected chi connectivity index (χ4v) is 1.60. The normalized spacial score (nSPS) is 10.9. The second-order valence-electron chi connectivity index (χ2n) is 3.77. The summed E-state index contributed by atoms with van der Waals surface area (Å²) >= 11 is 0. The third-order valence-corrected chi connectivity index (χ3v) is 2.55. The molecule has 0 aliphatic heterocycles. The van der Waals surface area contributed by atoms with Crippen molar-refractivity contribution in [3.05, 3.63) is 28.7 Å². The summed E-state index contributed by atoms with van der Waals surface area (Å²) in [5.74, 6) is 0.109. The lowest BCUT2D eigenvalue weighted by Crippen LogP contribution is -2.13. The molecule has 0 aliphatic rings. The first kappa shape index (κ1) is 11.7. The van der Waals surface area contributed by atoms with Gasteiger partial charge in [-0.3, -0.25) is 4.57 Å². The number of rotatable bonds is 5. The van der Waals surface area contributed by atoms with Crippen molar-refractivity contribution in [1.82, 2.24) is 4.57 Å². The number of nitrogens with zero attached hydrogens (tertiary/aromatic N) is 1. The Labute approximate surface area is 98.2 Å². The first-order valence-corrected chi connectivity index (χ1v) is 5.63. The van der Waals surface area contributed by atoms with Gasteiger partial charge < -0.3 is 14.3 Å². The van der Waals surface area contributed by atoms with Crippen molar-refractivity contribution in [1.29, 1.82) is 0 Å². The molecule has 2 rings (SSSR count). The molecular formula is C12H15NO4. The molecule has 0 saturated heterocycles. The highest BCUT2D eigenvalue weighted by atomic mass is 16.5. The Bertz CT molecular complexity index is 555. The molecule has 1 heterocycles. The van der Waals surface area contributed by atoms with Crippen LogP contribution in [0.1, 0.15) is 19.8 Å². The van der Waals surface area contributed by atoms with Crippen LogP contribution in [0.15, 0.2) is 27.4 Å². The number of aliphatic hydroxyl groups is 1. The minimum atomic E-state index is -0.562. The lowest BCUT2D eigenvalue weighted by Gasteiger charge is -2.04. The van der Waals surface area contributed by atoms with Gasteiger partial charge in [0.25, 0.3) is 0 Å². The molecule has 1 N–H and O–H groups in total. The van der Waals surface area contributed by atoms with Crippen molar-refractivity contribution in [3.63, 3.8) is 0 Å². The van der Waals surface area contributed by atoms with Gasteiger partial charge in [-0.2, -0.15) is 0 Å². The highest BCUT2D eigenvalue weighted by Crippen LogP contribution is 2.20. The van der Waals surface area contributed by atoms with Gasteiger partial charge in [0, 0.05) is 6.07 Å². The summed E-state index contributed by atoms with van der Waals surface area (Å²) in [6.07, 6.45) is 2.05. The van der Waals surface area contributed by atoms with Gasteiger partial charge in [-0.25, -0.2) is 4.79 Å². The van der Waals surface area contributed by atoms with Crippen LogP contribution < -0.4 is 10.5 Å². The zero-order chi connectivity index (χ0) is 12.3. The number of ether oxygens (including phenoxy) is 1. The van der Waals surface area contributed by atoms with Crippen LogP contribution in [-0.4, -0.2) is 16.3 Å².